The molecule has 2 saturated heterocycles. The minimum Gasteiger partial charge on any atom is -0.379 e. The molecule has 0 N–H and O–H groups in total. The van der Waals surface area contributed by atoms with Crippen LogP contribution in [0.1, 0.15) is 33.8 Å². The summed E-state index contributed by atoms with van der Waals surface area (Å²) in [4.78, 5) is 19.0. The summed E-state index contributed by atoms with van der Waals surface area (Å²) in [6.45, 7) is 6.20. The number of alkyl halides is 3. The van der Waals surface area contributed by atoms with Gasteiger partial charge in [0, 0.05) is 57.3 Å². The van der Waals surface area contributed by atoms with Gasteiger partial charge in [-0.2, -0.15) is 13.2 Å². The molecule has 0 aliphatic carbocycles. The van der Waals surface area contributed by atoms with Gasteiger partial charge in [0.05, 0.1) is 18.8 Å². The van der Waals surface area contributed by atoms with E-state index in [-0.39, 0.29) is 23.8 Å². The third-order valence-electron chi connectivity index (χ3n) is 6.95. The summed E-state index contributed by atoms with van der Waals surface area (Å²) in [5, 5.41) is 0. The Kier molecular flexibility index (Phi) is 8.27. The molecule has 2 aromatic carbocycles. The summed E-state index contributed by atoms with van der Waals surface area (Å²) in [5.74, 6) is -2.37. The first-order valence-corrected chi connectivity index (χ1v) is 12.0. The molecule has 4 rings (SSSR count). The number of benzene rings is 2. The molecule has 0 radical (unpaired) electrons. The van der Waals surface area contributed by atoms with Crippen LogP contribution in [0.3, 0.4) is 0 Å². The average molecular weight is 512 g/mol. The molecule has 10 heteroatoms. The number of morpholine rings is 1. The maximum Gasteiger partial charge on any atom is 0.416 e. The zero-order valence-electron chi connectivity index (χ0n) is 20.1. The second kappa shape index (κ2) is 11.2. The van der Waals surface area contributed by atoms with E-state index in [9.17, 15) is 26.7 Å². The summed E-state index contributed by atoms with van der Waals surface area (Å²) in [6.07, 6.45) is -4.08. The van der Waals surface area contributed by atoms with Crippen molar-refractivity contribution in [3.63, 3.8) is 0 Å². The van der Waals surface area contributed by atoms with Crippen molar-refractivity contribution in [3.05, 3.63) is 70.8 Å². The second-order valence-corrected chi connectivity index (χ2v) is 9.51. The molecular formula is C26H30F5N3O2. The molecule has 36 heavy (non-hydrogen) atoms. The van der Waals surface area contributed by atoms with Gasteiger partial charge in [0.15, 0.2) is 0 Å². The van der Waals surface area contributed by atoms with Crippen LogP contribution in [0.2, 0.25) is 0 Å². The lowest BCUT2D eigenvalue weighted by molar-refractivity contribution is -0.137. The number of halogens is 5. The number of ether oxygens (including phenoxy) is 1. The Hall–Kier alpha value is -2.56. The molecule has 0 spiro atoms. The zero-order chi connectivity index (χ0) is 25.9. The van der Waals surface area contributed by atoms with E-state index >= 15 is 0 Å². The number of likely N-dealkylation sites (N-methyl/N-ethyl adjacent to an activating group) is 1. The highest BCUT2D eigenvalue weighted by molar-refractivity contribution is 5.94. The molecule has 0 aromatic heterocycles. The van der Waals surface area contributed by atoms with Crippen LogP contribution in [0.4, 0.5) is 22.0 Å². The van der Waals surface area contributed by atoms with E-state index in [0.29, 0.717) is 24.6 Å². The van der Waals surface area contributed by atoms with E-state index < -0.39 is 23.5 Å². The van der Waals surface area contributed by atoms with Crippen LogP contribution >= 0.6 is 0 Å². The SMILES string of the molecule is CN(CC(CCN1CC(N2CCOCC2)C1)c1ccc(F)cc1)C(=O)c1cc(F)cc(C(F)(F)F)c1. The number of likely N-dealkylation sites (tertiary alicyclic amines) is 1. The van der Waals surface area contributed by atoms with Gasteiger partial charge in [-0.05, 0) is 48.9 Å². The molecule has 1 amide bonds. The summed E-state index contributed by atoms with van der Waals surface area (Å²) >= 11 is 0. The zero-order valence-corrected chi connectivity index (χ0v) is 20.1. The van der Waals surface area contributed by atoms with Gasteiger partial charge in [0.1, 0.15) is 11.6 Å². The Morgan fingerprint density at radius 1 is 1.06 bits per heavy atom. The Morgan fingerprint density at radius 3 is 2.36 bits per heavy atom. The molecule has 2 aliphatic heterocycles. The normalized spacial score (nSPS) is 18.6. The van der Waals surface area contributed by atoms with Crippen molar-refractivity contribution in [2.24, 2.45) is 0 Å². The topological polar surface area (TPSA) is 36.0 Å². The molecule has 2 fully saturated rings. The van der Waals surface area contributed by atoms with E-state index in [2.05, 4.69) is 9.80 Å². The van der Waals surface area contributed by atoms with Crippen molar-refractivity contribution in [1.82, 2.24) is 14.7 Å². The van der Waals surface area contributed by atoms with E-state index in [4.69, 9.17) is 4.74 Å². The number of carbonyl (C=O) groups excluding carboxylic acids is 1. The van der Waals surface area contributed by atoms with Crippen molar-refractivity contribution < 1.29 is 31.5 Å². The first kappa shape index (κ1) is 26.5. The van der Waals surface area contributed by atoms with Gasteiger partial charge in [-0.15, -0.1) is 0 Å². The van der Waals surface area contributed by atoms with Crippen LogP contribution in [-0.2, 0) is 10.9 Å². The van der Waals surface area contributed by atoms with Gasteiger partial charge >= 0.3 is 6.18 Å². The average Bonchev–Trinajstić information content (AvgIpc) is 2.82. The van der Waals surface area contributed by atoms with E-state index in [0.717, 1.165) is 57.6 Å². The fourth-order valence-corrected chi connectivity index (χ4v) is 4.85. The van der Waals surface area contributed by atoms with Crippen molar-refractivity contribution in [2.45, 2.75) is 24.6 Å². The summed E-state index contributed by atoms with van der Waals surface area (Å²) in [5.41, 5.74) is -0.739. The molecule has 2 aromatic rings. The molecule has 196 valence electrons. The van der Waals surface area contributed by atoms with Crippen molar-refractivity contribution >= 4 is 5.91 Å². The first-order chi connectivity index (χ1) is 17.1. The smallest absolute Gasteiger partial charge is 0.379 e. The minimum atomic E-state index is -4.76. The Balaban J connectivity index is 1.41. The van der Waals surface area contributed by atoms with Gasteiger partial charge < -0.3 is 14.5 Å². The van der Waals surface area contributed by atoms with Gasteiger partial charge in [-0.1, -0.05) is 12.1 Å². The fourth-order valence-electron chi connectivity index (χ4n) is 4.85. The highest BCUT2D eigenvalue weighted by Crippen LogP contribution is 2.31. The maximum absolute atomic E-state index is 13.8. The Morgan fingerprint density at radius 2 is 1.72 bits per heavy atom. The van der Waals surface area contributed by atoms with Crippen molar-refractivity contribution in [1.29, 1.82) is 0 Å². The Bertz CT molecular complexity index is 1030. The third-order valence-corrected chi connectivity index (χ3v) is 6.95. The van der Waals surface area contributed by atoms with Gasteiger partial charge in [-0.25, -0.2) is 8.78 Å². The third kappa shape index (κ3) is 6.60. The van der Waals surface area contributed by atoms with Crippen LogP contribution in [0.5, 0.6) is 0 Å². The molecular weight excluding hydrogens is 481 g/mol. The number of rotatable bonds is 8. The standard InChI is InChI=1S/C26H30F5N3O2/c1-32(25(35)20-12-21(26(29,30)31)14-23(28)13-20)15-19(18-2-4-22(27)5-3-18)6-7-33-16-24(17-33)34-8-10-36-11-9-34/h2-5,12-14,19,24H,6-11,15-17H2,1H3. The fraction of sp³-hybridized carbons (Fsp3) is 0.500. The lowest BCUT2D eigenvalue weighted by Crippen LogP contribution is -2.61. The Labute approximate surface area is 207 Å². The van der Waals surface area contributed by atoms with Crippen LogP contribution in [0.15, 0.2) is 42.5 Å². The molecule has 0 saturated carbocycles. The molecule has 2 aliphatic rings. The number of hydrogen-bond acceptors (Lipinski definition) is 4. The largest absolute Gasteiger partial charge is 0.416 e. The molecule has 1 unspecified atom stereocenters. The maximum atomic E-state index is 13.8. The number of nitrogens with zero attached hydrogens (tertiary/aromatic N) is 3. The van der Waals surface area contributed by atoms with E-state index in [1.54, 1.807) is 12.1 Å². The number of amides is 1. The highest BCUT2D eigenvalue weighted by atomic mass is 19.4. The highest BCUT2D eigenvalue weighted by Gasteiger charge is 2.34. The minimum absolute atomic E-state index is 0.169. The molecule has 5 nitrogen and oxygen atoms in total. The summed E-state index contributed by atoms with van der Waals surface area (Å²) in [7, 11) is 1.48. The number of carbonyl (C=O) groups is 1. The van der Waals surface area contributed by atoms with E-state index in [1.807, 2.05) is 0 Å². The van der Waals surface area contributed by atoms with E-state index in [1.165, 1.54) is 24.1 Å². The predicted octanol–water partition coefficient (Wildman–Crippen LogP) is 4.25. The molecule has 2 heterocycles. The molecule has 1 atom stereocenters. The number of hydrogen-bond donors (Lipinski definition) is 0. The van der Waals surface area contributed by atoms with Crippen molar-refractivity contribution in [2.75, 3.05) is 59.5 Å². The van der Waals surface area contributed by atoms with Gasteiger partial charge in [-0.3, -0.25) is 9.69 Å². The van der Waals surface area contributed by atoms with Crippen LogP contribution in [0, 0.1) is 11.6 Å². The predicted molar refractivity (Wildman–Crippen MR) is 125 cm³/mol. The van der Waals surface area contributed by atoms with Gasteiger partial charge in [0.2, 0.25) is 0 Å². The van der Waals surface area contributed by atoms with Crippen LogP contribution in [0.25, 0.3) is 0 Å². The van der Waals surface area contributed by atoms with Crippen molar-refractivity contribution in [3.8, 4) is 0 Å². The summed E-state index contributed by atoms with van der Waals surface area (Å²) < 4.78 is 72.1. The quantitative estimate of drug-likeness (QED) is 0.497. The first-order valence-electron chi connectivity index (χ1n) is 12.0. The second-order valence-electron chi connectivity index (χ2n) is 9.51. The molecule has 0 bridgehead atoms. The lowest BCUT2D eigenvalue weighted by atomic mass is 9.93. The summed E-state index contributed by atoms with van der Waals surface area (Å²) in [6, 6.07) is 8.37. The monoisotopic (exact) mass is 511 g/mol. The lowest BCUT2D eigenvalue weighted by Gasteiger charge is -2.47. The van der Waals surface area contributed by atoms with Gasteiger partial charge in [0.25, 0.3) is 5.91 Å². The van der Waals surface area contributed by atoms with Crippen LogP contribution in [-0.4, -0.2) is 86.2 Å². The van der Waals surface area contributed by atoms with Crippen LogP contribution < -0.4 is 0 Å².